The van der Waals surface area contributed by atoms with Gasteiger partial charge in [-0.3, -0.25) is 0 Å². The lowest BCUT2D eigenvalue weighted by atomic mass is 10.1. The quantitative estimate of drug-likeness (QED) is 0.677. The molecule has 0 bridgehead atoms. The summed E-state index contributed by atoms with van der Waals surface area (Å²) in [7, 11) is 0. The minimum absolute atomic E-state index is 0.130. The zero-order chi connectivity index (χ0) is 11.9. The van der Waals surface area contributed by atoms with Crippen LogP contribution in [0.25, 0.3) is 0 Å². The Morgan fingerprint density at radius 1 is 0.867 bits per heavy atom. The van der Waals surface area contributed by atoms with Crippen LogP contribution in [0, 0.1) is 0 Å². The van der Waals surface area contributed by atoms with Gasteiger partial charge in [0.25, 0.3) is 0 Å². The van der Waals surface area contributed by atoms with Crippen LogP contribution in [0.1, 0.15) is 11.1 Å². The molecule has 15 heavy (non-hydrogen) atoms. The van der Waals surface area contributed by atoms with E-state index in [2.05, 4.69) is 0 Å². The van der Waals surface area contributed by atoms with Crippen molar-refractivity contribution in [1.82, 2.24) is 0 Å². The van der Waals surface area contributed by atoms with E-state index in [0.717, 1.165) is 0 Å². The molecule has 0 saturated carbocycles. The average molecular weight is 230 g/mol. The number of halogens is 6. The normalized spacial score (nSPS) is 12.9. The van der Waals surface area contributed by atoms with Crippen molar-refractivity contribution in [3.63, 3.8) is 0 Å². The predicted octanol–water partition coefficient (Wildman–Crippen LogP) is 3.43. The highest BCUT2D eigenvalue weighted by Gasteiger charge is 2.38. The third-order valence-corrected chi connectivity index (χ3v) is 1.63. The molecule has 0 radical (unpaired) electrons. The first-order chi connectivity index (χ1) is 6.62. The number of benzene rings is 1. The third kappa shape index (κ3) is 2.54. The van der Waals surface area contributed by atoms with E-state index < -0.39 is 29.2 Å². The van der Waals surface area contributed by atoms with Crippen molar-refractivity contribution >= 4 is 0 Å². The Morgan fingerprint density at radius 3 is 1.80 bits per heavy atom. The zero-order valence-corrected chi connectivity index (χ0v) is 6.95. The van der Waals surface area contributed by atoms with Crippen molar-refractivity contribution in [1.29, 1.82) is 0 Å². The Morgan fingerprint density at radius 2 is 1.40 bits per heavy atom. The van der Waals surface area contributed by atoms with Crippen LogP contribution in [0.5, 0.6) is 5.75 Å². The van der Waals surface area contributed by atoms with Gasteiger partial charge in [-0.1, -0.05) is 0 Å². The molecule has 1 rings (SSSR count). The number of alkyl halides is 6. The van der Waals surface area contributed by atoms with Crippen molar-refractivity contribution < 1.29 is 31.4 Å². The molecule has 0 aliphatic carbocycles. The van der Waals surface area contributed by atoms with Gasteiger partial charge < -0.3 is 5.11 Å². The van der Waals surface area contributed by atoms with Crippen molar-refractivity contribution in [2.75, 3.05) is 0 Å². The maximum absolute atomic E-state index is 12.1. The van der Waals surface area contributed by atoms with Crippen LogP contribution in [0.3, 0.4) is 0 Å². The summed E-state index contributed by atoms with van der Waals surface area (Å²) in [4.78, 5) is 0. The molecule has 1 nitrogen and oxygen atoms in total. The van der Waals surface area contributed by atoms with Gasteiger partial charge in [0.05, 0.1) is 11.1 Å². The Hall–Kier alpha value is -1.40. The molecule has 1 N–H and O–H groups in total. The summed E-state index contributed by atoms with van der Waals surface area (Å²) in [5.41, 5.74) is -3.15. The summed E-state index contributed by atoms with van der Waals surface area (Å²) >= 11 is 0. The van der Waals surface area contributed by atoms with Crippen LogP contribution in [0.4, 0.5) is 26.3 Å². The number of hydrogen-bond donors (Lipinski definition) is 1. The number of aromatic hydroxyl groups is 1. The monoisotopic (exact) mass is 230 g/mol. The van der Waals surface area contributed by atoms with Crippen molar-refractivity contribution in [2.24, 2.45) is 0 Å². The highest BCUT2D eigenvalue weighted by molar-refractivity contribution is 5.39. The van der Waals surface area contributed by atoms with Gasteiger partial charge in [-0.05, 0) is 18.2 Å². The van der Waals surface area contributed by atoms with Crippen LogP contribution in [-0.4, -0.2) is 5.11 Å². The van der Waals surface area contributed by atoms with E-state index in [1.165, 1.54) is 0 Å². The minimum Gasteiger partial charge on any atom is -0.507 e. The maximum Gasteiger partial charge on any atom is 0.419 e. The fourth-order valence-corrected chi connectivity index (χ4v) is 0.939. The molecule has 84 valence electrons. The fraction of sp³-hybridized carbons (Fsp3) is 0.250. The highest BCUT2D eigenvalue weighted by atomic mass is 19.4. The molecule has 0 aliphatic rings. The molecule has 0 aromatic heterocycles. The molecule has 0 amide bonds. The first-order valence-electron chi connectivity index (χ1n) is 3.60. The third-order valence-electron chi connectivity index (χ3n) is 1.63. The molecule has 7 heteroatoms. The smallest absolute Gasteiger partial charge is 0.419 e. The summed E-state index contributed by atoms with van der Waals surface area (Å²) in [6.07, 6.45) is -9.88. The van der Waals surface area contributed by atoms with E-state index in [1.54, 1.807) is 0 Å². The maximum atomic E-state index is 12.1. The molecule has 1 aromatic rings. The van der Waals surface area contributed by atoms with Gasteiger partial charge in [0.1, 0.15) is 5.75 Å². The second kappa shape index (κ2) is 3.32. The molecule has 0 atom stereocenters. The minimum atomic E-state index is -5.01. The summed E-state index contributed by atoms with van der Waals surface area (Å²) < 4.78 is 72.4. The largest absolute Gasteiger partial charge is 0.507 e. The van der Waals surface area contributed by atoms with E-state index in [4.69, 9.17) is 5.11 Å². The van der Waals surface area contributed by atoms with Gasteiger partial charge in [-0.15, -0.1) is 0 Å². The Kier molecular flexibility index (Phi) is 2.58. The van der Waals surface area contributed by atoms with E-state index in [1.807, 2.05) is 0 Å². The van der Waals surface area contributed by atoms with Crippen LogP contribution in [0.15, 0.2) is 18.2 Å². The van der Waals surface area contributed by atoms with Gasteiger partial charge in [0.2, 0.25) is 0 Å². The summed E-state index contributed by atoms with van der Waals surface area (Å²) in [6.45, 7) is 0. The van der Waals surface area contributed by atoms with Crippen molar-refractivity contribution in [3.05, 3.63) is 29.3 Å². The number of rotatable bonds is 0. The Bertz CT molecular complexity index is 364. The second-order valence-electron chi connectivity index (χ2n) is 2.73. The van der Waals surface area contributed by atoms with Crippen LogP contribution in [0.2, 0.25) is 0 Å². The van der Waals surface area contributed by atoms with E-state index in [-0.39, 0.29) is 6.07 Å². The van der Waals surface area contributed by atoms with E-state index in [9.17, 15) is 26.3 Å². The highest BCUT2D eigenvalue weighted by Crippen LogP contribution is 2.39. The second-order valence-corrected chi connectivity index (χ2v) is 2.73. The first kappa shape index (κ1) is 11.7. The van der Waals surface area contributed by atoms with E-state index in [0.29, 0.717) is 12.1 Å². The SMILES string of the molecule is Oc1ccc(C(F)(F)F)cc1C(F)(F)F. The van der Waals surface area contributed by atoms with E-state index >= 15 is 0 Å². The lowest BCUT2D eigenvalue weighted by molar-refractivity contribution is -0.143. The molecule has 0 saturated heterocycles. The fourth-order valence-electron chi connectivity index (χ4n) is 0.939. The Labute approximate surface area is 79.9 Å². The summed E-state index contributed by atoms with van der Waals surface area (Å²) in [5.74, 6) is -1.23. The Balaban J connectivity index is 3.30. The van der Waals surface area contributed by atoms with Gasteiger partial charge in [-0.25, -0.2) is 0 Å². The van der Waals surface area contributed by atoms with Crippen molar-refractivity contribution in [3.8, 4) is 5.75 Å². The molecule has 0 heterocycles. The topological polar surface area (TPSA) is 20.2 Å². The van der Waals surface area contributed by atoms with Gasteiger partial charge in [0, 0.05) is 0 Å². The lowest BCUT2D eigenvalue weighted by Crippen LogP contribution is -2.10. The molecule has 0 spiro atoms. The number of phenols is 1. The average Bonchev–Trinajstić information content (AvgIpc) is 2.00. The molecular weight excluding hydrogens is 226 g/mol. The molecule has 1 aromatic carbocycles. The molecule has 0 fully saturated rings. The van der Waals surface area contributed by atoms with Crippen LogP contribution >= 0.6 is 0 Å². The van der Waals surface area contributed by atoms with Gasteiger partial charge in [-0.2, -0.15) is 26.3 Å². The summed E-state index contributed by atoms with van der Waals surface area (Å²) in [5, 5.41) is 8.75. The lowest BCUT2D eigenvalue weighted by Gasteiger charge is -2.12. The van der Waals surface area contributed by atoms with Crippen LogP contribution < -0.4 is 0 Å². The standard InChI is InChI=1S/C8H4F6O/c9-7(10,11)4-1-2-6(15)5(3-4)8(12,13)14/h1-3,15H. The molecule has 0 unspecified atom stereocenters. The van der Waals surface area contributed by atoms with Crippen molar-refractivity contribution in [2.45, 2.75) is 12.4 Å². The molecule has 0 aliphatic heterocycles. The first-order valence-corrected chi connectivity index (χ1v) is 3.60. The number of hydrogen-bond acceptors (Lipinski definition) is 1. The number of phenolic OH excluding ortho intramolecular Hbond substituents is 1. The van der Waals surface area contributed by atoms with Gasteiger partial charge >= 0.3 is 12.4 Å². The molecular formula is C8H4F6O. The zero-order valence-electron chi connectivity index (χ0n) is 6.95. The predicted molar refractivity (Wildman–Crippen MR) is 38.1 cm³/mol. The summed E-state index contributed by atoms with van der Waals surface area (Å²) in [6, 6.07) is 0.617. The van der Waals surface area contributed by atoms with Crippen LogP contribution in [-0.2, 0) is 12.4 Å². The van der Waals surface area contributed by atoms with Gasteiger partial charge in [0.15, 0.2) is 0 Å².